The summed E-state index contributed by atoms with van der Waals surface area (Å²) in [4.78, 5) is 11.1. The van der Waals surface area contributed by atoms with Gasteiger partial charge in [0.1, 0.15) is 11.6 Å². The molecule has 1 fully saturated rings. The zero-order chi connectivity index (χ0) is 18.5. The molecule has 0 unspecified atom stereocenters. The molecule has 0 spiro atoms. The van der Waals surface area contributed by atoms with Crippen molar-refractivity contribution in [2.45, 2.75) is 12.8 Å². The first-order valence-corrected chi connectivity index (χ1v) is 9.38. The second-order valence-electron chi connectivity index (χ2n) is 6.87. The van der Waals surface area contributed by atoms with Crippen LogP contribution in [0.1, 0.15) is 12.8 Å². The molecule has 1 aliphatic rings. The van der Waals surface area contributed by atoms with E-state index in [1.165, 1.54) is 0 Å². The summed E-state index contributed by atoms with van der Waals surface area (Å²) in [5, 5.41) is 0. The molecule has 0 saturated carbocycles. The van der Waals surface area contributed by atoms with Gasteiger partial charge in [-0.1, -0.05) is 18.2 Å². The SMILES string of the molecule is Nc1cc(-c2ccnc(N(CC3CCOCC3)c3ccccc3)c2)ccn1. The van der Waals surface area contributed by atoms with E-state index in [1.807, 2.05) is 30.5 Å². The van der Waals surface area contributed by atoms with E-state index in [9.17, 15) is 0 Å². The third kappa shape index (κ3) is 4.26. The van der Waals surface area contributed by atoms with E-state index < -0.39 is 0 Å². The van der Waals surface area contributed by atoms with Crippen molar-refractivity contribution in [1.29, 1.82) is 0 Å². The monoisotopic (exact) mass is 360 g/mol. The van der Waals surface area contributed by atoms with Crippen LogP contribution in [-0.4, -0.2) is 29.7 Å². The van der Waals surface area contributed by atoms with Crippen LogP contribution in [0.2, 0.25) is 0 Å². The number of pyridine rings is 2. The summed E-state index contributed by atoms with van der Waals surface area (Å²) in [6.45, 7) is 2.62. The third-order valence-electron chi connectivity index (χ3n) is 4.99. The van der Waals surface area contributed by atoms with Gasteiger partial charge in [-0.05, 0) is 66.3 Å². The fraction of sp³-hybridized carbons (Fsp3) is 0.273. The molecule has 0 bridgehead atoms. The highest BCUT2D eigenvalue weighted by Gasteiger charge is 2.20. The molecular formula is C22H24N4O. The standard InChI is InChI=1S/C22H24N4O/c23-21-14-18(6-10-24-21)19-7-11-25-22(15-19)26(20-4-2-1-3-5-20)16-17-8-12-27-13-9-17/h1-7,10-11,14-15,17H,8-9,12-13,16H2,(H2,23,24). The lowest BCUT2D eigenvalue weighted by Gasteiger charge is -2.31. The van der Waals surface area contributed by atoms with Gasteiger partial charge >= 0.3 is 0 Å². The van der Waals surface area contributed by atoms with Crippen molar-refractivity contribution in [2.24, 2.45) is 5.92 Å². The molecule has 5 nitrogen and oxygen atoms in total. The highest BCUT2D eigenvalue weighted by atomic mass is 16.5. The number of nitrogen functional groups attached to an aromatic ring is 1. The van der Waals surface area contributed by atoms with Gasteiger partial charge < -0.3 is 15.4 Å². The molecule has 27 heavy (non-hydrogen) atoms. The molecule has 3 heterocycles. The quantitative estimate of drug-likeness (QED) is 0.735. The number of para-hydroxylation sites is 1. The van der Waals surface area contributed by atoms with Crippen LogP contribution in [0, 0.1) is 5.92 Å². The van der Waals surface area contributed by atoms with Gasteiger partial charge in [-0.25, -0.2) is 9.97 Å². The predicted molar refractivity (Wildman–Crippen MR) is 109 cm³/mol. The molecule has 2 aromatic heterocycles. The second kappa shape index (κ2) is 8.18. The van der Waals surface area contributed by atoms with E-state index in [2.05, 4.69) is 45.2 Å². The number of nitrogens with zero attached hydrogens (tertiary/aromatic N) is 3. The summed E-state index contributed by atoms with van der Waals surface area (Å²) in [6.07, 6.45) is 5.77. The summed E-state index contributed by atoms with van der Waals surface area (Å²) >= 11 is 0. The van der Waals surface area contributed by atoms with Crippen molar-refractivity contribution in [3.63, 3.8) is 0 Å². The van der Waals surface area contributed by atoms with Crippen molar-refractivity contribution in [2.75, 3.05) is 30.4 Å². The highest BCUT2D eigenvalue weighted by Crippen LogP contribution is 2.30. The molecule has 3 aromatic rings. The smallest absolute Gasteiger partial charge is 0.133 e. The van der Waals surface area contributed by atoms with Crippen LogP contribution in [0.3, 0.4) is 0 Å². The van der Waals surface area contributed by atoms with Crippen LogP contribution in [0.25, 0.3) is 11.1 Å². The van der Waals surface area contributed by atoms with Gasteiger partial charge in [-0.2, -0.15) is 0 Å². The number of nitrogens with two attached hydrogens (primary N) is 1. The van der Waals surface area contributed by atoms with E-state index in [0.717, 1.165) is 55.2 Å². The Morgan fingerprint density at radius 2 is 1.63 bits per heavy atom. The second-order valence-corrected chi connectivity index (χ2v) is 6.87. The Balaban J connectivity index is 1.68. The number of rotatable bonds is 5. The van der Waals surface area contributed by atoms with Crippen molar-refractivity contribution < 1.29 is 4.74 Å². The molecule has 1 saturated heterocycles. The third-order valence-corrected chi connectivity index (χ3v) is 4.99. The first-order valence-electron chi connectivity index (χ1n) is 9.38. The van der Waals surface area contributed by atoms with E-state index in [1.54, 1.807) is 6.20 Å². The average molecular weight is 360 g/mol. The lowest BCUT2D eigenvalue weighted by molar-refractivity contribution is 0.0688. The molecule has 0 aliphatic carbocycles. The van der Waals surface area contributed by atoms with Gasteiger partial charge in [0, 0.05) is 37.8 Å². The fourth-order valence-electron chi connectivity index (χ4n) is 3.50. The number of anilines is 3. The number of aromatic nitrogens is 2. The molecule has 0 atom stereocenters. The van der Waals surface area contributed by atoms with E-state index in [4.69, 9.17) is 10.5 Å². The number of hydrogen-bond acceptors (Lipinski definition) is 5. The van der Waals surface area contributed by atoms with Crippen LogP contribution < -0.4 is 10.6 Å². The normalized spacial score (nSPS) is 14.8. The Kier molecular flexibility index (Phi) is 5.30. The minimum atomic E-state index is 0.521. The topological polar surface area (TPSA) is 64.3 Å². The van der Waals surface area contributed by atoms with E-state index in [-0.39, 0.29) is 0 Å². The van der Waals surface area contributed by atoms with Crippen LogP contribution >= 0.6 is 0 Å². The Morgan fingerprint density at radius 3 is 2.37 bits per heavy atom. The molecule has 0 radical (unpaired) electrons. The molecule has 4 rings (SSSR count). The van der Waals surface area contributed by atoms with Gasteiger partial charge in [-0.3, -0.25) is 0 Å². The fourth-order valence-corrected chi connectivity index (χ4v) is 3.50. The van der Waals surface area contributed by atoms with Gasteiger partial charge in [0.05, 0.1) is 0 Å². The summed E-state index contributed by atoms with van der Waals surface area (Å²) in [7, 11) is 0. The summed E-state index contributed by atoms with van der Waals surface area (Å²) in [6, 6.07) is 18.5. The zero-order valence-electron chi connectivity index (χ0n) is 15.3. The highest BCUT2D eigenvalue weighted by molar-refractivity contribution is 5.71. The summed E-state index contributed by atoms with van der Waals surface area (Å²) in [5.41, 5.74) is 9.15. The summed E-state index contributed by atoms with van der Waals surface area (Å²) in [5.74, 6) is 2.06. The molecule has 5 heteroatoms. The van der Waals surface area contributed by atoms with Crippen LogP contribution in [-0.2, 0) is 4.74 Å². The molecular weight excluding hydrogens is 336 g/mol. The van der Waals surface area contributed by atoms with E-state index >= 15 is 0 Å². The molecule has 1 aromatic carbocycles. The molecule has 138 valence electrons. The van der Waals surface area contributed by atoms with Gasteiger partial charge in [0.25, 0.3) is 0 Å². The largest absolute Gasteiger partial charge is 0.384 e. The van der Waals surface area contributed by atoms with Crippen LogP contribution in [0.15, 0.2) is 67.0 Å². The number of hydrogen-bond donors (Lipinski definition) is 1. The maximum Gasteiger partial charge on any atom is 0.133 e. The maximum absolute atomic E-state index is 5.86. The van der Waals surface area contributed by atoms with Gasteiger partial charge in [0.15, 0.2) is 0 Å². The molecule has 1 aliphatic heterocycles. The zero-order valence-corrected chi connectivity index (χ0v) is 15.3. The average Bonchev–Trinajstić information content (AvgIpc) is 2.73. The minimum Gasteiger partial charge on any atom is -0.384 e. The Morgan fingerprint density at radius 1 is 0.926 bits per heavy atom. The first-order chi connectivity index (χ1) is 13.3. The van der Waals surface area contributed by atoms with Crippen LogP contribution in [0.5, 0.6) is 0 Å². The van der Waals surface area contributed by atoms with Crippen molar-refractivity contribution in [3.8, 4) is 11.1 Å². The van der Waals surface area contributed by atoms with Crippen molar-refractivity contribution in [1.82, 2.24) is 9.97 Å². The lowest BCUT2D eigenvalue weighted by Crippen LogP contribution is -2.29. The Labute approximate surface area is 159 Å². The maximum atomic E-state index is 5.86. The lowest BCUT2D eigenvalue weighted by atomic mass is 9.99. The predicted octanol–water partition coefficient (Wildman–Crippen LogP) is 4.29. The number of benzene rings is 1. The molecule has 0 amide bonds. The van der Waals surface area contributed by atoms with Crippen molar-refractivity contribution >= 4 is 17.3 Å². The number of ether oxygens (including phenoxy) is 1. The Hall–Kier alpha value is -2.92. The van der Waals surface area contributed by atoms with Crippen LogP contribution in [0.4, 0.5) is 17.3 Å². The summed E-state index contributed by atoms with van der Waals surface area (Å²) < 4.78 is 5.53. The van der Waals surface area contributed by atoms with Gasteiger partial charge in [-0.15, -0.1) is 0 Å². The van der Waals surface area contributed by atoms with Gasteiger partial charge in [0.2, 0.25) is 0 Å². The van der Waals surface area contributed by atoms with Crippen molar-refractivity contribution in [3.05, 3.63) is 67.0 Å². The Bertz CT molecular complexity index is 878. The first kappa shape index (κ1) is 17.5. The minimum absolute atomic E-state index is 0.521. The molecule has 2 N–H and O–H groups in total. The van der Waals surface area contributed by atoms with E-state index in [0.29, 0.717) is 11.7 Å².